The second kappa shape index (κ2) is 8.10. The van der Waals surface area contributed by atoms with Crippen LogP contribution in [0.1, 0.15) is 50.5 Å². The molecule has 142 valence electrons. The zero-order valence-corrected chi connectivity index (χ0v) is 15.9. The number of ether oxygens (including phenoxy) is 1. The van der Waals surface area contributed by atoms with E-state index in [2.05, 4.69) is 40.1 Å². The lowest BCUT2D eigenvalue weighted by Crippen LogP contribution is -2.49. The summed E-state index contributed by atoms with van der Waals surface area (Å²) in [4.78, 5) is 17.4. The number of amides is 1. The van der Waals surface area contributed by atoms with Gasteiger partial charge in [0.15, 0.2) is 0 Å². The average Bonchev–Trinajstić information content (AvgIpc) is 3.22. The van der Waals surface area contributed by atoms with Gasteiger partial charge in [-0.1, -0.05) is 30.3 Å². The quantitative estimate of drug-likeness (QED) is 0.812. The number of hydrogen-bond acceptors (Lipinski definition) is 3. The average molecular weight is 357 g/mol. The van der Waals surface area contributed by atoms with Crippen LogP contribution in [0, 0.1) is 0 Å². The van der Waals surface area contributed by atoms with E-state index >= 15 is 0 Å². The first kappa shape index (κ1) is 18.0. The number of nitrogens with zero attached hydrogens (tertiary/aromatic N) is 2. The maximum atomic E-state index is 12.6. The molecule has 3 saturated heterocycles. The number of likely N-dealkylation sites (tertiary alicyclic amines) is 2. The van der Waals surface area contributed by atoms with Gasteiger partial charge in [0.2, 0.25) is 5.91 Å². The first-order chi connectivity index (χ1) is 12.8. The predicted molar refractivity (Wildman–Crippen MR) is 103 cm³/mol. The SMILES string of the molecule is O=C1CC[C@]2(CCCN(CCc3ccccc3)CC2)N1C[C@H]1CCCO1. The van der Waals surface area contributed by atoms with Crippen molar-refractivity contribution in [3.63, 3.8) is 0 Å². The van der Waals surface area contributed by atoms with Crippen molar-refractivity contribution in [3.05, 3.63) is 35.9 Å². The number of carbonyl (C=O) groups excluding carboxylic acids is 1. The van der Waals surface area contributed by atoms with Gasteiger partial charge >= 0.3 is 0 Å². The Morgan fingerprint density at radius 1 is 1.08 bits per heavy atom. The molecule has 4 heteroatoms. The van der Waals surface area contributed by atoms with E-state index in [9.17, 15) is 4.79 Å². The molecule has 1 spiro atoms. The van der Waals surface area contributed by atoms with Gasteiger partial charge < -0.3 is 14.5 Å². The van der Waals surface area contributed by atoms with Crippen molar-refractivity contribution in [2.75, 3.05) is 32.8 Å². The van der Waals surface area contributed by atoms with Gasteiger partial charge in [-0.2, -0.15) is 0 Å². The van der Waals surface area contributed by atoms with Gasteiger partial charge in [0, 0.05) is 38.2 Å². The molecule has 26 heavy (non-hydrogen) atoms. The highest BCUT2D eigenvalue weighted by Gasteiger charge is 2.46. The zero-order chi connectivity index (χ0) is 17.8. The van der Waals surface area contributed by atoms with E-state index in [1.807, 2.05) is 0 Å². The molecule has 0 aromatic heterocycles. The molecular weight excluding hydrogens is 324 g/mol. The molecule has 3 aliphatic heterocycles. The molecule has 4 nitrogen and oxygen atoms in total. The maximum absolute atomic E-state index is 12.6. The fraction of sp³-hybridized carbons (Fsp3) is 0.682. The summed E-state index contributed by atoms with van der Waals surface area (Å²) in [5.74, 6) is 0.359. The summed E-state index contributed by atoms with van der Waals surface area (Å²) < 4.78 is 5.83. The molecule has 2 atom stereocenters. The molecule has 1 aromatic rings. The summed E-state index contributed by atoms with van der Waals surface area (Å²) in [5, 5.41) is 0. The van der Waals surface area contributed by atoms with Crippen LogP contribution in [0.25, 0.3) is 0 Å². The zero-order valence-electron chi connectivity index (χ0n) is 15.9. The standard InChI is InChI=1S/C22H32N2O2/c25-21-9-12-22(24(21)18-20-8-4-17-26-20)11-5-14-23(16-13-22)15-10-19-6-2-1-3-7-19/h1-3,6-7,20H,4-5,8-18H2/t20-,22+/m1/s1. The Morgan fingerprint density at radius 2 is 1.96 bits per heavy atom. The van der Waals surface area contributed by atoms with Crippen LogP contribution in [-0.4, -0.2) is 60.1 Å². The number of hydrogen-bond donors (Lipinski definition) is 0. The summed E-state index contributed by atoms with van der Waals surface area (Å²) in [6.45, 7) is 5.09. The first-order valence-corrected chi connectivity index (χ1v) is 10.4. The molecule has 4 rings (SSSR count). The molecule has 0 unspecified atom stereocenters. The van der Waals surface area contributed by atoms with E-state index in [1.165, 1.54) is 12.0 Å². The van der Waals surface area contributed by atoms with Crippen molar-refractivity contribution in [2.24, 2.45) is 0 Å². The van der Waals surface area contributed by atoms with Crippen LogP contribution in [-0.2, 0) is 16.0 Å². The van der Waals surface area contributed by atoms with Crippen LogP contribution in [0.5, 0.6) is 0 Å². The summed E-state index contributed by atoms with van der Waals surface area (Å²) in [6, 6.07) is 10.8. The number of rotatable bonds is 5. The minimum atomic E-state index is 0.102. The van der Waals surface area contributed by atoms with Gasteiger partial charge in [0.1, 0.15) is 0 Å². The van der Waals surface area contributed by atoms with E-state index in [-0.39, 0.29) is 11.6 Å². The van der Waals surface area contributed by atoms with E-state index in [0.29, 0.717) is 5.91 Å². The van der Waals surface area contributed by atoms with Crippen LogP contribution < -0.4 is 0 Å². The number of carbonyl (C=O) groups is 1. The van der Waals surface area contributed by atoms with Crippen molar-refractivity contribution in [2.45, 2.75) is 63.0 Å². The Labute approximate surface area is 157 Å². The summed E-state index contributed by atoms with van der Waals surface area (Å²) >= 11 is 0. The molecular formula is C22H32N2O2. The minimum absolute atomic E-state index is 0.102. The van der Waals surface area contributed by atoms with Gasteiger partial charge in [-0.15, -0.1) is 0 Å². The second-order valence-corrected chi connectivity index (χ2v) is 8.29. The molecule has 3 fully saturated rings. The minimum Gasteiger partial charge on any atom is -0.376 e. The third kappa shape index (κ3) is 3.96. The largest absolute Gasteiger partial charge is 0.376 e. The van der Waals surface area contributed by atoms with Crippen molar-refractivity contribution in [1.82, 2.24) is 9.80 Å². The lowest BCUT2D eigenvalue weighted by atomic mass is 9.87. The van der Waals surface area contributed by atoms with Crippen LogP contribution >= 0.6 is 0 Å². The van der Waals surface area contributed by atoms with Crippen molar-refractivity contribution < 1.29 is 9.53 Å². The third-order valence-electron chi connectivity index (χ3n) is 6.66. The third-order valence-corrected chi connectivity index (χ3v) is 6.66. The van der Waals surface area contributed by atoms with Gasteiger partial charge in [-0.3, -0.25) is 4.79 Å². The highest BCUT2D eigenvalue weighted by atomic mass is 16.5. The molecule has 1 amide bonds. The molecule has 0 saturated carbocycles. The fourth-order valence-electron chi connectivity index (χ4n) is 5.07. The Morgan fingerprint density at radius 3 is 2.77 bits per heavy atom. The van der Waals surface area contributed by atoms with Gasteiger partial charge in [0.25, 0.3) is 0 Å². The maximum Gasteiger partial charge on any atom is 0.223 e. The van der Waals surface area contributed by atoms with Crippen LogP contribution in [0.3, 0.4) is 0 Å². The van der Waals surface area contributed by atoms with Crippen LogP contribution in [0.4, 0.5) is 0 Å². The molecule has 0 bridgehead atoms. The topological polar surface area (TPSA) is 32.8 Å². The summed E-state index contributed by atoms with van der Waals surface area (Å²) in [7, 11) is 0. The Hall–Kier alpha value is -1.39. The van der Waals surface area contributed by atoms with Gasteiger partial charge in [0.05, 0.1) is 6.10 Å². The summed E-state index contributed by atoms with van der Waals surface area (Å²) in [5.41, 5.74) is 1.52. The Kier molecular flexibility index (Phi) is 5.60. The lowest BCUT2D eigenvalue weighted by molar-refractivity contribution is -0.133. The molecule has 1 aromatic carbocycles. The molecule has 0 N–H and O–H groups in total. The normalized spacial score (nSPS) is 30.2. The van der Waals surface area contributed by atoms with Gasteiger partial charge in [-0.25, -0.2) is 0 Å². The predicted octanol–water partition coefficient (Wildman–Crippen LogP) is 3.26. The van der Waals surface area contributed by atoms with Crippen LogP contribution in [0.15, 0.2) is 30.3 Å². The van der Waals surface area contributed by atoms with E-state index in [0.717, 1.165) is 77.7 Å². The Bertz CT molecular complexity index is 599. The fourth-order valence-corrected chi connectivity index (χ4v) is 5.07. The van der Waals surface area contributed by atoms with E-state index in [1.54, 1.807) is 0 Å². The molecule has 0 aliphatic carbocycles. The smallest absolute Gasteiger partial charge is 0.223 e. The number of benzene rings is 1. The highest BCUT2D eigenvalue weighted by Crippen LogP contribution is 2.39. The van der Waals surface area contributed by atoms with Crippen molar-refractivity contribution in [3.8, 4) is 0 Å². The molecule has 3 heterocycles. The highest BCUT2D eigenvalue weighted by molar-refractivity contribution is 5.79. The Balaban J connectivity index is 1.36. The second-order valence-electron chi connectivity index (χ2n) is 8.29. The van der Waals surface area contributed by atoms with Crippen LogP contribution in [0.2, 0.25) is 0 Å². The van der Waals surface area contributed by atoms with Crippen molar-refractivity contribution >= 4 is 5.91 Å². The monoisotopic (exact) mass is 356 g/mol. The summed E-state index contributed by atoms with van der Waals surface area (Å²) in [6.07, 6.45) is 8.91. The van der Waals surface area contributed by atoms with Gasteiger partial charge in [-0.05, 0) is 57.1 Å². The first-order valence-electron chi connectivity index (χ1n) is 10.4. The van der Waals surface area contributed by atoms with E-state index in [4.69, 9.17) is 4.74 Å². The molecule has 3 aliphatic rings. The lowest BCUT2D eigenvalue weighted by Gasteiger charge is -2.39. The molecule has 0 radical (unpaired) electrons. The van der Waals surface area contributed by atoms with Crippen molar-refractivity contribution in [1.29, 1.82) is 0 Å². The van der Waals surface area contributed by atoms with E-state index < -0.39 is 0 Å².